The van der Waals surface area contributed by atoms with Crippen molar-refractivity contribution >= 4 is 9.84 Å². The minimum atomic E-state index is -3.41. The molecule has 0 aliphatic heterocycles. The Morgan fingerprint density at radius 1 is 1.00 bits per heavy atom. The molecule has 0 fully saturated rings. The summed E-state index contributed by atoms with van der Waals surface area (Å²) in [4.78, 5) is 3.85. The van der Waals surface area contributed by atoms with Crippen molar-refractivity contribution < 1.29 is 8.42 Å². The molecule has 1 aromatic carbocycles. The maximum absolute atomic E-state index is 11.9. The third-order valence-electron chi connectivity index (χ3n) is 2.65. The summed E-state index contributed by atoms with van der Waals surface area (Å²) in [6.45, 7) is 0. The number of benzene rings is 1. The van der Waals surface area contributed by atoms with Crippen LogP contribution in [0, 0.1) is 0 Å². The van der Waals surface area contributed by atoms with Gasteiger partial charge in [-0.15, -0.1) is 0 Å². The molecule has 0 bridgehead atoms. The Kier molecular flexibility index (Phi) is 4.47. The Hall–Kier alpha value is -1.94. The molecular weight excluding hydrogens is 258 g/mol. The third kappa shape index (κ3) is 4.03. The van der Waals surface area contributed by atoms with Gasteiger partial charge in [-0.3, -0.25) is 0 Å². The van der Waals surface area contributed by atoms with Gasteiger partial charge in [-0.25, -0.2) is 13.4 Å². The zero-order valence-corrected chi connectivity index (χ0v) is 11.3. The maximum Gasteiger partial charge on any atom is 0.216 e. The van der Waals surface area contributed by atoms with Crippen LogP contribution in [0.5, 0.6) is 0 Å². The van der Waals surface area contributed by atoms with Crippen LogP contribution in [0.25, 0.3) is 0 Å². The van der Waals surface area contributed by atoms with Crippen molar-refractivity contribution in [1.82, 2.24) is 4.98 Å². The number of nitrogens with zero attached hydrogens (tertiary/aromatic N) is 1. The Morgan fingerprint density at radius 3 is 2.42 bits per heavy atom. The predicted octanol–water partition coefficient (Wildman–Crippen LogP) is 3.00. The Balaban J connectivity index is 1.96. The Bertz CT molecular complexity index is 634. The average Bonchev–Trinajstić information content (AvgIpc) is 2.46. The number of sulfone groups is 1. The van der Waals surface area contributed by atoms with Crippen LogP contribution < -0.4 is 0 Å². The van der Waals surface area contributed by atoms with Gasteiger partial charge in [0.1, 0.15) is 0 Å². The van der Waals surface area contributed by atoms with Crippen molar-refractivity contribution in [3.63, 3.8) is 0 Å². The van der Waals surface area contributed by atoms with Crippen molar-refractivity contribution in [1.29, 1.82) is 0 Å². The summed E-state index contributed by atoms with van der Waals surface area (Å²) < 4.78 is 23.8. The molecule has 0 aliphatic rings. The van der Waals surface area contributed by atoms with Gasteiger partial charge in [-0.1, -0.05) is 42.5 Å². The van der Waals surface area contributed by atoms with Crippen molar-refractivity contribution in [2.45, 2.75) is 17.9 Å². The first-order valence-corrected chi connectivity index (χ1v) is 7.60. The zero-order valence-electron chi connectivity index (χ0n) is 10.4. The number of allylic oxidation sites excluding steroid dienone is 1. The SMILES string of the molecule is O=S(=O)(/C=C/CCc1ccccc1)c1ccccn1. The Morgan fingerprint density at radius 2 is 1.74 bits per heavy atom. The van der Waals surface area contributed by atoms with E-state index in [1.807, 2.05) is 30.3 Å². The van der Waals surface area contributed by atoms with Gasteiger partial charge < -0.3 is 0 Å². The minimum absolute atomic E-state index is 0.0889. The molecule has 0 spiro atoms. The third-order valence-corrected chi connectivity index (χ3v) is 4.02. The van der Waals surface area contributed by atoms with Gasteiger partial charge in [0.2, 0.25) is 9.84 Å². The highest BCUT2D eigenvalue weighted by Crippen LogP contribution is 2.09. The fraction of sp³-hybridized carbons (Fsp3) is 0.133. The lowest BCUT2D eigenvalue weighted by Crippen LogP contribution is -1.98. The number of hydrogen-bond acceptors (Lipinski definition) is 3. The average molecular weight is 273 g/mol. The molecule has 0 amide bonds. The van der Waals surface area contributed by atoms with Gasteiger partial charge >= 0.3 is 0 Å². The topological polar surface area (TPSA) is 47.0 Å². The van der Waals surface area contributed by atoms with Crippen LogP contribution in [0.2, 0.25) is 0 Å². The summed E-state index contributed by atoms with van der Waals surface area (Å²) in [7, 11) is -3.41. The molecule has 0 radical (unpaired) electrons. The second-order valence-corrected chi connectivity index (χ2v) is 5.89. The fourth-order valence-corrected chi connectivity index (χ4v) is 2.68. The van der Waals surface area contributed by atoms with Crippen LogP contribution >= 0.6 is 0 Å². The first kappa shape index (κ1) is 13.5. The molecule has 4 heteroatoms. The second kappa shape index (κ2) is 6.29. The van der Waals surface area contributed by atoms with E-state index in [9.17, 15) is 8.42 Å². The number of rotatable bonds is 5. The molecule has 0 unspecified atom stereocenters. The first-order valence-electron chi connectivity index (χ1n) is 6.05. The zero-order chi connectivity index (χ0) is 13.6. The lowest BCUT2D eigenvalue weighted by atomic mass is 10.1. The smallest absolute Gasteiger partial charge is 0.216 e. The summed E-state index contributed by atoms with van der Waals surface area (Å²) in [5, 5.41) is 1.32. The summed E-state index contributed by atoms with van der Waals surface area (Å²) in [6.07, 6.45) is 4.67. The number of pyridine rings is 1. The van der Waals surface area contributed by atoms with Crippen LogP contribution in [0.3, 0.4) is 0 Å². The summed E-state index contributed by atoms with van der Waals surface area (Å²) >= 11 is 0. The molecule has 0 saturated heterocycles. The predicted molar refractivity (Wildman–Crippen MR) is 75.3 cm³/mol. The second-order valence-electron chi connectivity index (χ2n) is 4.11. The quantitative estimate of drug-likeness (QED) is 0.841. The lowest BCUT2D eigenvalue weighted by molar-refractivity contribution is 0.601. The fourth-order valence-electron chi connectivity index (χ4n) is 1.67. The molecule has 2 rings (SSSR count). The van der Waals surface area contributed by atoms with E-state index in [0.29, 0.717) is 6.42 Å². The maximum atomic E-state index is 11.9. The van der Waals surface area contributed by atoms with E-state index in [0.717, 1.165) is 6.42 Å². The van der Waals surface area contributed by atoms with Crippen LogP contribution in [0.1, 0.15) is 12.0 Å². The van der Waals surface area contributed by atoms with Gasteiger partial charge in [-0.2, -0.15) is 0 Å². The van der Waals surface area contributed by atoms with E-state index in [4.69, 9.17) is 0 Å². The standard InChI is InChI=1S/C15H15NO2S/c17-19(18,15-11-4-6-12-16-15)13-7-5-10-14-8-2-1-3-9-14/h1-4,6-9,11-13H,5,10H2/b13-7+. The summed E-state index contributed by atoms with van der Waals surface area (Å²) in [5.41, 5.74) is 1.20. The molecular formula is C15H15NO2S. The number of aromatic nitrogens is 1. The number of hydrogen-bond donors (Lipinski definition) is 0. The van der Waals surface area contributed by atoms with Gasteiger partial charge in [0, 0.05) is 11.6 Å². The van der Waals surface area contributed by atoms with E-state index in [1.54, 1.807) is 18.2 Å². The Labute approximate surface area is 113 Å². The molecule has 2 aromatic rings. The monoisotopic (exact) mass is 273 g/mol. The molecule has 19 heavy (non-hydrogen) atoms. The molecule has 0 atom stereocenters. The van der Waals surface area contributed by atoms with Gasteiger partial charge in [-0.05, 0) is 30.5 Å². The van der Waals surface area contributed by atoms with Crippen LogP contribution in [0.4, 0.5) is 0 Å². The van der Waals surface area contributed by atoms with Gasteiger partial charge in [0.05, 0.1) is 0 Å². The van der Waals surface area contributed by atoms with E-state index in [-0.39, 0.29) is 5.03 Å². The highest BCUT2D eigenvalue weighted by atomic mass is 32.2. The van der Waals surface area contributed by atoms with Crippen LogP contribution in [-0.2, 0) is 16.3 Å². The van der Waals surface area contributed by atoms with Crippen molar-refractivity contribution in [3.05, 3.63) is 71.8 Å². The minimum Gasteiger partial charge on any atom is -0.244 e. The lowest BCUT2D eigenvalue weighted by Gasteiger charge is -1.98. The number of aryl methyl sites for hydroxylation is 1. The molecule has 3 nitrogen and oxygen atoms in total. The molecule has 0 saturated carbocycles. The van der Waals surface area contributed by atoms with E-state index < -0.39 is 9.84 Å². The van der Waals surface area contributed by atoms with Gasteiger partial charge in [0.15, 0.2) is 5.03 Å². The summed E-state index contributed by atoms with van der Waals surface area (Å²) in [6, 6.07) is 14.8. The van der Waals surface area contributed by atoms with E-state index in [2.05, 4.69) is 4.98 Å². The van der Waals surface area contributed by atoms with Gasteiger partial charge in [0.25, 0.3) is 0 Å². The van der Waals surface area contributed by atoms with E-state index >= 15 is 0 Å². The van der Waals surface area contributed by atoms with Crippen molar-refractivity contribution in [3.8, 4) is 0 Å². The molecule has 0 N–H and O–H groups in total. The molecule has 1 aromatic heterocycles. The molecule has 0 aliphatic carbocycles. The highest BCUT2D eigenvalue weighted by Gasteiger charge is 2.09. The molecule has 1 heterocycles. The van der Waals surface area contributed by atoms with E-state index in [1.165, 1.54) is 23.2 Å². The highest BCUT2D eigenvalue weighted by molar-refractivity contribution is 7.94. The first-order chi connectivity index (χ1) is 9.18. The van der Waals surface area contributed by atoms with Crippen molar-refractivity contribution in [2.24, 2.45) is 0 Å². The largest absolute Gasteiger partial charge is 0.244 e. The van der Waals surface area contributed by atoms with Crippen molar-refractivity contribution in [2.75, 3.05) is 0 Å². The summed E-state index contributed by atoms with van der Waals surface area (Å²) in [5.74, 6) is 0. The normalized spacial score (nSPS) is 11.8. The van der Waals surface area contributed by atoms with Crippen LogP contribution in [-0.4, -0.2) is 13.4 Å². The van der Waals surface area contributed by atoms with Crippen LogP contribution in [0.15, 0.2) is 71.2 Å². The molecule has 98 valence electrons.